The number of nitrogens with zero attached hydrogens (tertiary/aromatic N) is 2. The second-order valence-corrected chi connectivity index (χ2v) is 7.97. The van der Waals surface area contributed by atoms with Crippen LogP contribution < -0.4 is 10.1 Å². The Bertz CT molecular complexity index is 967. The Kier molecular flexibility index (Phi) is 6.33. The molecule has 1 saturated carbocycles. The molecule has 0 unspecified atom stereocenters. The summed E-state index contributed by atoms with van der Waals surface area (Å²) >= 11 is 0. The van der Waals surface area contributed by atoms with Gasteiger partial charge in [0.25, 0.3) is 5.91 Å². The number of pyridine rings is 1. The number of carbonyl (C=O) groups is 1. The molecule has 1 aromatic carbocycles. The molecule has 6 nitrogen and oxygen atoms in total. The van der Waals surface area contributed by atoms with Gasteiger partial charge >= 0.3 is 0 Å². The fraction of sp³-hybridized carbons (Fsp3) is 0.417. The van der Waals surface area contributed by atoms with Gasteiger partial charge < -0.3 is 19.9 Å². The van der Waals surface area contributed by atoms with Crippen LogP contribution in [0, 0.1) is 0 Å². The molecular weight excluding hydrogens is 376 g/mol. The highest BCUT2D eigenvalue weighted by atomic mass is 16.5. The number of aromatic amines is 1. The lowest BCUT2D eigenvalue weighted by molar-refractivity contribution is 0.0623. The Morgan fingerprint density at radius 3 is 2.93 bits per heavy atom. The van der Waals surface area contributed by atoms with Crippen LogP contribution in [-0.2, 0) is 6.54 Å². The standard InChI is InChI=1S/C24H30N4O2/c1-3-28(24(29)22-14-18-7-4-5-10-21(18)27-22)20-9-6-8-19(15-20)26-16-17-11-12-25-23(13-17)30-2/h4-5,7,10-14,19-20,26-27H,3,6,8-9,15-16H2,1-2H3/t19-,20+/m1/s1. The molecule has 3 aromatic rings. The molecule has 1 amide bonds. The zero-order valence-corrected chi connectivity index (χ0v) is 17.7. The van der Waals surface area contributed by atoms with Crippen LogP contribution in [0.15, 0.2) is 48.7 Å². The van der Waals surface area contributed by atoms with Crippen molar-refractivity contribution in [1.29, 1.82) is 0 Å². The molecule has 6 heteroatoms. The second kappa shape index (κ2) is 9.30. The normalized spacial score (nSPS) is 19.0. The van der Waals surface area contributed by atoms with Gasteiger partial charge in [-0.3, -0.25) is 4.79 Å². The molecule has 30 heavy (non-hydrogen) atoms. The van der Waals surface area contributed by atoms with Gasteiger partial charge in [0.1, 0.15) is 5.69 Å². The van der Waals surface area contributed by atoms with Crippen LogP contribution in [0.5, 0.6) is 5.88 Å². The lowest BCUT2D eigenvalue weighted by Gasteiger charge is -2.37. The Morgan fingerprint density at radius 2 is 2.13 bits per heavy atom. The maximum atomic E-state index is 13.3. The lowest BCUT2D eigenvalue weighted by Crippen LogP contribution is -2.46. The van der Waals surface area contributed by atoms with Gasteiger partial charge in [0.05, 0.1) is 7.11 Å². The smallest absolute Gasteiger partial charge is 0.270 e. The summed E-state index contributed by atoms with van der Waals surface area (Å²) in [4.78, 5) is 22.7. The quantitative estimate of drug-likeness (QED) is 0.619. The maximum Gasteiger partial charge on any atom is 0.270 e. The van der Waals surface area contributed by atoms with E-state index in [2.05, 4.69) is 22.2 Å². The summed E-state index contributed by atoms with van der Waals surface area (Å²) in [7, 11) is 1.63. The minimum Gasteiger partial charge on any atom is -0.481 e. The van der Waals surface area contributed by atoms with E-state index in [1.807, 2.05) is 47.4 Å². The molecule has 0 spiro atoms. The number of rotatable bonds is 7. The number of fused-ring (bicyclic) bond motifs is 1. The van der Waals surface area contributed by atoms with E-state index < -0.39 is 0 Å². The van der Waals surface area contributed by atoms with Gasteiger partial charge in [-0.2, -0.15) is 0 Å². The fourth-order valence-electron chi connectivity index (χ4n) is 4.48. The number of H-pyrrole nitrogens is 1. The van der Waals surface area contributed by atoms with Crippen molar-refractivity contribution >= 4 is 16.8 Å². The number of nitrogens with one attached hydrogen (secondary N) is 2. The molecule has 0 bridgehead atoms. The molecule has 1 aliphatic carbocycles. The van der Waals surface area contributed by atoms with Gasteiger partial charge in [0, 0.05) is 48.3 Å². The average Bonchev–Trinajstić information content (AvgIpc) is 3.23. The van der Waals surface area contributed by atoms with Crippen LogP contribution in [0.4, 0.5) is 0 Å². The number of para-hydroxylation sites is 1. The first kappa shape index (κ1) is 20.4. The number of carbonyl (C=O) groups excluding carboxylic acids is 1. The number of amides is 1. The van der Waals surface area contributed by atoms with Crippen LogP contribution in [0.2, 0.25) is 0 Å². The number of ether oxygens (including phenoxy) is 1. The lowest BCUT2D eigenvalue weighted by atomic mass is 9.89. The van der Waals surface area contributed by atoms with E-state index in [1.54, 1.807) is 13.3 Å². The van der Waals surface area contributed by atoms with Gasteiger partial charge in [-0.05, 0) is 56.4 Å². The Labute approximate surface area is 177 Å². The number of benzene rings is 1. The summed E-state index contributed by atoms with van der Waals surface area (Å²) < 4.78 is 5.21. The monoisotopic (exact) mass is 406 g/mol. The summed E-state index contributed by atoms with van der Waals surface area (Å²) in [6, 6.07) is 14.6. The van der Waals surface area contributed by atoms with Crippen molar-refractivity contribution in [2.24, 2.45) is 0 Å². The molecule has 2 N–H and O–H groups in total. The molecular formula is C24H30N4O2. The van der Waals surface area contributed by atoms with Crippen LogP contribution >= 0.6 is 0 Å². The van der Waals surface area contributed by atoms with Crippen LogP contribution in [0.1, 0.15) is 48.7 Å². The highest BCUT2D eigenvalue weighted by molar-refractivity contribution is 5.98. The molecule has 2 heterocycles. The fourth-order valence-corrected chi connectivity index (χ4v) is 4.48. The van der Waals surface area contributed by atoms with E-state index >= 15 is 0 Å². The van der Waals surface area contributed by atoms with E-state index in [1.165, 1.54) is 0 Å². The summed E-state index contributed by atoms with van der Waals surface area (Å²) in [6.07, 6.45) is 6.07. The zero-order valence-electron chi connectivity index (χ0n) is 17.7. The van der Waals surface area contributed by atoms with Gasteiger partial charge in [-0.15, -0.1) is 0 Å². The molecule has 1 aliphatic rings. The predicted molar refractivity (Wildman–Crippen MR) is 119 cm³/mol. The van der Waals surface area contributed by atoms with Gasteiger partial charge in [-0.1, -0.05) is 18.2 Å². The van der Waals surface area contributed by atoms with Gasteiger partial charge in [0.15, 0.2) is 0 Å². The van der Waals surface area contributed by atoms with E-state index in [9.17, 15) is 4.79 Å². The molecule has 1 fully saturated rings. The maximum absolute atomic E-state index is 13.3. The van der Waals surface area contributed by atoms with Crippen molar-refractivity contribution in [3.63, 3.8) is 0 Å². The minimum atomic E-state index is 0.0956. The molecule has 2 atom stereocenters. The van der Waals surface area contributed by atoms with Crippen molar-refractivity contribution in [3.8, 4) is 5.88 Å². The van der Waals surface area contributed by atoms with Crippen molar-refractivity contribution < 1.29 is 9.53 Å². The molecule has 0 aliphatic heterocycles. The number of aromatic nitrogens is 2. The highest BCUT2D eigenvalue weighted by Gasteiger charge is 2.29. The van der Waals surface area contributed by atoms with E-state index in [0.717, 1.165) is 48.7 Å². The van der Waals surface area contributed by atoms with Crippen molar-refractivity contribution in [2.75, 3.05) is 13.7 Å². The first-order valence-corrected chi connectivity index (χ1v) is 10.8. The third-order valence-electron chi connectivity index (χ3n) is 6.05. The summed E-state index contributed by atoms with van der Waals surface area (Å²) in [5, 5.41) is 4.75. The van der Waals surface area contributed by atoms with Gasteiger partial charge in [0.2, 0.25) is 5.88 Å². The van der Waals surface area contributed by atoms with Gasteiger partial charge in [-0.25, -0.2) is 4.98 Å². The molecule has 0 saturated heterocycles. The third kappa shape index (κ3) is 4.49. The number of hydrogen-bond acceptors (Lipinski definition) is 4. The Morgan fingerprint density at radius 1 is 1.27 bits per heavy atom. The summed E-state index contributed by atoms with van der Waals surface area (Å²) in [5.74, 6) is 0.732. The number of hydrogen-bond donors (Lipinski definition) is 2. The summed E-state index contributed by atoms with van der Waals surface area (Å²) in [6.45, 7) is 3.56. The Balaban J connectivity index is 1.40. The Hall–Kier alpha value is -2.86. The minimum absolute atomic E-state index is 0.0956. The molecule has 0 radical (unpaired) electrons. The van der Waals surface area contributed by atoms with Crippen molar-refractivity contribution in [3.05, 3.63) is 59.9 Å². The third-order valence-corrected chi connectivity index (χ3v) is 6.05. The van der Waals surface area contributed by atoms with Crippen molar-refractivity contribution in [1.82, 2.24) is 20.2 Å². The SMILES string of the molecule is CCN(C(=O)c1cc2ccccc2[nH]1)[C@H]1CCC[C@@H](NCc2ccnc(OC)c2)C1. The summed E-state index contributed by atoms with van der Waals surface area (Å²) in [5.41, 5.74) is 2.84. The van der Waals surface area contributed by atoms with Crippen molar-refractivity contribution in [2.45, 2.75) is 51.2 Å². The predicted octanol–water partition coefficient (Wildman–Crippen LogP) is 4.13. The van der Waals surface area contributed by atoms with Crippen LogP contribution in [0.3, 0.4) is 0 Å². The average molecular weight is 407 g/mol. The highest BCUT2D eigenvalue weighted by Crippen LogP contribution is 2.26. The van der Waals surface area contributed by atoms with Crippen LogP contribution in [0.25, 0.3) is 10.9 Å². The topological polar surface area (TPSA) is 70.2 Å². The first-order valence-electron chi connectivity index (χ1n) is 10.8. The zero-order chi connectivity index (χ0) is 20.9. The number of methoxy groups -OCH3 is 1. The largest absolute Gasteiger partial charge is 0.481 e. The van der Waals surface area contributed by atoms with Crippen LogP contribution in [-0.4, -0.2) is 46.5 Å². The molecule has 158 valence electrons. The second-order valence-electron chi connectivity index (χ2n) is 7.97. The van der Waals surface area contributed by atoms with E-state index in [0.29, 0.717) is 24.2 Å². The first-order chi connectivity index (χ1) is 14.7. The van der Waals surface area contributed by atoms with E-state index in [4.69, 9.17) is 4.74 Å². The molecule has 2 aromatic heterocycles. The molecule has 4 rings (SSSR count). The van der Waals surface area contributed by atoms with E-state index in [-0.39, 0.29) is 11.9 Å².